The molecule has 0 unspecified atom stereocenters. The van der Waals surface area contributed by atoms with Gasteiger partial charge in [-0.1, -0.05) is 44.2 Å². The average Bonchev–Trinajstić information content (AvgIpc) is 3.18. The summed E-state index contributed by atoms with van der Waals surface area (Å²) in [6.45, 7) is 7.73. The maximum absolute atomic E-state index is 12.6. The van der Waals surface area contributed by atoms with E-state index in [1.165, 1.54) is 5.56 Å². The lowest BCUT2D eigenvalue weighted by atomic mass is 9.93. The van der Waals surface area contributed by atoms with Crippen molar-refractivity contribution in [3.8, 4) is 11.4 Å². The minimum Gasteiger partial charge on any atom is -0.484 e. The van der Waals surface area contributed by atoms with Crippen molar-refractivity contribution in [2.45, 2.75) is 46.0 Å². The fourth-order valence-electron chi connectivity index (χ4n) is 4.36. The lowest BCUT2D eigenvalue weighted by Crippen LogP contribution is -2.41. The fourth-order valence-corrected chi connectivity index (χ4v) is 4.36. The molecule has 1 fully saturated rings. The summed E-state index contributed by atoms with van der Waals surface area (Å²) >= 11 is 0. The molecule has 4 rings (SSSR count). The van der Waals surface area contributed by atoms with Crippen LogP contribution in [0, 0.1) is 12.8 Å². The van der Waals surface area contributed by atoms with Crippen LogP contribution in [0.25, 0.3) is 5.69 Å². The number of likely N-dealkylation sites (tertiary alicyclic amines) is 1. The Morgan fingerprint density at radius 3 is 2.48 bits per heavy atom. The maximum atomic E-state index is 12.6. The molecule has 7 heteroatoms. The third kappa shape index (κ3) is 5.35. The van der Waals surface area contributed by atoms with Gasteiger partial charge in [0, 0.05) is 19.5 Å². The number of nitrogens with one attached hydrogen (secondary N) is 1. The molecule has 33 heavy (non-hydrogen) atoms. The van der Waals surface area contributed by atoms with Crippen LogP contribution in [-0.4, -0.2) is 45.3 Å². The van der Waals surface area contributed by atoms with Gasteiger partial charge in [-0.15, -0.1) is 0 Å². The monoisotopic (exact) mass is 448 g/mol. The summed E-state index contributed by atoms with van der Waals surface area (Å²) in [6, 6.07) is 15.7. The van der Waals surface area contributed by atoms with Gasteiger partial charge < -0.3 is 9.64 Å². The molecule has 1 aliphatic rings. The van der Waals surface area contributed by atoms with Crippen molar-refractivity contribution in [1.29, 1.82) is 0 Å². The number of amides is 1. The number of hydrogen-bond donors (Lipinski definition) is 1. The van der Waals surface area contributed by atoms with Crippen molar-refractivity contribution < 1.29 is 9.53 Å². The predicted molar refractivity (Wildman–Crippen MR) is 128 cm³/mol. The van der Waals surface area contributed by atoms with E-state index < -0.39 is 0 Å². The molecule has 0 saturated carbocycles. The third-order valence-corrected chi connectivity index (χ3v) is 6.45. The van der Waals surface area contributed by atoms with Crippen LogP contribution in [0.4, 0.5) is 0 Å². The Morgan fingerprint density at radius 1 is 1.12 bits per heavy atom. The number of ether oxygens (including phenoxy) is 1. The summed E-state index contributed by atoms with van der Waals surface area (Å²) in [5.74, 6) is 2.31. The standard InChI is InChI=1S/C26H32N4O3/c1-18(2)21-8-10-22(11-9-21)33-17-25(31)29-14-12-20(13-15-29)16-24-27-28-26(32)30(24)23-7-5-4-6-19(23)3/h4-11,18,20H,12-17H2,1-3H3,(H,28,32). The van der Waals surface area contributed by atoms with Gasteiger partial charge in [-0.05, 0) is 60.9 Å². The summed E-state index contributed by atoms with van der Waals surface area (Å²) < 4.78 is 7.39. The summed E-state index contributed by atoms with van der Waals surface area (Å²) in [7, 11) is 0. The fraction of sp³-hybridized carbons (Fsp3) is 0.423. The summed E-state index contributed by atoms with van der Waals surface area (Å²) in [4.78, 5) is 26.9. The van der Waals surface area contributed by atoms with Crippen LogP contribution >= 0.6 is 0 Å². The van der Waals surface area contributed by atoms with E-state index in [-0.39, 0.29) is 18.2 Å². The molecule has 7 nitrogen and oxygen atoms in total. The number of carbonyl (C=O) groups excluding carboxylic acids is 1. The van der Waals surface area contributed by atoms with Gasteiger partial charge in [0.25, 0.3) is 5.91 Å². The number of aromatic amines is 1. The number of carbonyl (C=O) groups is 1. The Balaban J connectivity index is 1.30. The molecule has 3 aromatic rings. The number of hydrogen-bond acceptors (Lipinski definition) is 4. The van der Waals surface area contributed by atoms with E-state index in [1.807, 2.05) is 60.4 Å². The highest BCUT2D eigenvalue weighted by Gasteiger charge is 2.25. The van der Waals surface area contributed by atoms with E-state index in [0.717, 1.165) is 35.7 Å². The van der Waals surface area contributed by atoms with E-state index in [1.54, 1.807) is 4.57 Å². The van der Waals surface area contributed by atoms with Crippen LogP contribution in [-0.2, 0) is 11.2 Å². The number of para-hydroxylation sites is 1. The molecule has 0 bridgehead atoms. The summed E-state index contributed by atoms with van der Waals surface area (Å²) in [5.41, 5.74) is 2.92. The van der Waals surface area contributed by atoms with Crippen molar-refractivity contribution in [2.75, 3.05) is 19.7 Å². The number of benzene rings is 2. The second kappa shape index (κ2) is 10.1. The number of aromatic nitrogens is 3. The zero-order chi connectivity index (χ0) is 23.4. The van der Waals surface area contributed by atoms with Crippen LogP contribution in [0.3, 0.4) is 0 Å². The van der Waals surface area contributed by atoms with Crippen molar-refractivity contribution >= 4 is 5.91 Å². The lowest BCUT2D eigenvalue weighted by Gasteiger charge is -2.31. The molecule has 2 heterocycles. The van der Waals surface area contributed by atoms with Crippen molar-refractivity contribution in [3.63, 3.8) is 0 Å². The van der Waals surface area contributed by atoms with Crippen LogP contribution in [0.1, 0.15) is 49.6 Å². The van der Waals surface area contributed by atoms with Crippen LogP contribution < -0.4 is 10.4 Å². The topological polar surface area (TPSA) is 80.2 Å². The smallest absolute Gasteiger partial charge is 0.347 e. The van der Waals surface area contributed by atoms with E-state index in [9.17, 15) is 9.59 Å². The first-order valence-corrected chi connectivity index (χ1v) is 11.6. The molecule has 0 radical (unpaired) electrons. The zero-order valence-corrected chi connectivity index (χ0v) is 19.6. The molecule has 1 N–H and O–H groups in total. The normalized spacial score (nSPS) is 14.6. The molecule has 0 spiro atoms. The van der Waals surface area contributed by atoms with E-state index in [4.69, 9.17) is 4.74 Å². The third-order valence-electron chi connectivity index (χ3n) is 6.45. The van der Waals surface area contributed by atoms with Gasteiger partial charge in [0.05, 0.1) is 5.69 Å². The number of nitrogens with zero attached hydrogens (tertiary/aromatic N) is 3. The van der Waals surface area contributed by atoms with Gasteiger partial charge in [-0.2, -0.15) is 5.10 Å². The molecule has 174 valence electrons. The first kappa shape index (κ1) is 22.8. The number of aryl methyl sites for hydroxylation is 1. The highest BCUT2D eigenvalue weighted by Crippen LogP contribution is 2.23. The first-order chi connectivity index (χ1) is 15.9. The Morgan fingerprint density at radius 2 is 1.82 bits per heavy atom. The Bertz CT molecular complexity index is 1140. The Hall–Kier alpha value is -3.35. The van der Waals surface area contributed by atoms with Crippen molar-refractivity contribution in [1.82, 2.24) is 19.7 Å². The van der Waals surface area contributed by atoms with Crippen LogP contribution in [0.15, 0.2) is 53.3 Å². The first-order valence-electron chi connectivity index (χ1n) is 11.6. The van der Waals surface area contributed by atoms with Gasteiger partial charge in [0.2, 0.25) is 0 Å². The maximum Gasteiger partial charge on any atom is 0.347 e. The second-order valence-electron chi connectivity index (χ2n) is 9.11. The Kier molecular flexibility index (Phi) is 6.96. The van der Waals surface area contributed by atoms with Crippen LogP contribution in [0.5, 0.6) is 5.75 Å². The van der Waals surface area contributed by atoms with E-state index in [0.29, 0.717) is 31.3 Å². The van der Waals surface area contributed by atoms with Gasteiger partial charge in [-0.3, -0.25) is 4.79 Å². The molecule has 2 aromatic carbocycles. The van der Waals surface area contributed by atoms with Crippen molar-refractivity contribution in [2.24, 2.45) is 5.92 Å². The SMILES string of the molecule is Cc1ccccc1-n1c(CC2CCN(C(=O)COc3ccc(C(C)C)cc3)CC2)n[nH]c1=O. The predicted octanol–water partition coefficient (Wildman–Crippen LogP) is 3.85. The summed E-state index contributed by atoms with van der Waals surface area (Å²) in [5, 5.41) is 6.88. The molecule has 0 aliphatic carbocycles. The molecular weight excluding hydrogens is 416 g/mol. The summed E-state index contributed by atoms with van der Waals surface area (Å²) in [6.07, 6.45) is 2.46. The molecular formula is C26H32N4O3. The lowest BCUT2D eigenvalue weighted by molar-refractivity contribution is -0.134. The minimum atomic E-state index is -0.217. The van der Waals surface area contributed by atoms with Gasteiger partial charge in [-0.25, -0.2) is 14.5 Å². The van der Waals surface area contributed by atoms with Crippen LogP contribution in [0.2, 0.25) is 0 Å². The minimum absolute atomic E-state index is 0.0120. The van der Waals surface area contributed by atoms with Gasteiger partial charge in [0.15, 0.2) is 6.61 Å². The quantitative estimate of drug-likeness (QED) is 0.595. The highest BCUT2D eigenvalue weighted by atomic mass is 16.5. The molecule has 1 amide bonds. The average molecular weight is 449 g/mol. The van der Waals surface area contributed by atoms with Crippen molar-refractivity contribution in [3.05, 3.63) is 76.0 Å². The number of rotatable bonds is 7. The van der Waals surface area contributed by atoms with E-state index >= 15 is 0 Å². The number of H-pyrrole nitrogens is 1. The number of piperidine rings is 1. The molecule has 0 atom stereocenters. The largest absolute Gasteiger partial charge is 0.484 e. The van der Waals surface area contributed by atoms with Gasteiger partial charge >= 0.3 is 5.69 Å². The highest BCUT2D eigenvalue weighted by molar-refractivity contribution is 5.77. The van der Waals surface area contributed by atoms with Gasteiger partial charge in [0.1, 0.15) is 11.6 Å². The molecule has 1 aromatic heterocycles. The molecule has 1 saturated heterocycles. The molecule has 1 aliphatic heterocycles. The Labute approximate surface area is 194 Å². The van der Waals surface area contributed by atoms with E-state index in [2.05, 4.69) is 24.0 Å². The zero-order valence-electron chi connectivity index (χ0n) is 19.6. The second-order valence-corrected chi connectivity index (χ2v) is 9.11.